The van der Waals surface area contributed by atoms with Crippen molar-refractivity contribution < 1.29 is 14.3 Å². The van der Waals surface area contributed by atoms with Crippen LogP contribution >= 0.6 is 11.6 Å². The zero-order chi connectivity index (χ0) is 17.5. The predicted molar refractivity (Wildman–Crippen MR) is 95.7 cm³/mol. The van der Waals surface area contributed by atoms with E-state index in [1.807, 2.05) is 38.1 Å². The maximum absolute atomic E-state index is 12.3. The predicted octanol–water partition coefficient (Wildman–Crippen LogP) is 4.38. The summed E-state index contributed by atoms with van der Waals surface area (Å²) in [6, 6.07) is 14.5. The van der Waals surface area contributed by atoms with Crippen molar-refractivity contribution in [3.63, 3.8) is 0 Å². The maximum Gasteiger partial charge on any atom is 0.261 e. The van der Waals surface area contributed by atoms with E-state index in [9.17, 15) is 4.79 Å². The number of hydrogen-bond donors (Lipinski definition) is 1. The van der Waals surface area contributed by atoms with Crippen molar-refractivity contribution >= 4 is 17.5 Å². The maximum atomic E-state index is 12.3. The average molecular weight is 348 g/mol. The molecule has 0 aliphatic heterocycles. The quantitative estimate of drug-likeness (QED) is 0.808. The van der Waals surface area contributed by atoms with E-state index < -0.39 is 6.10 Å². The van der Waals surface area contributed by atoms with Crippen LogP contribution in [0.4, 0.5) is 0 Å². The number of rotatable bonds is 7. The van der Waals surface area contributed by atoms with E-state index in [4.69, 9.17) is 21.1 Å². The largest absolute Gasteiger partial charge is 0.494 e. The lowest BCUT2D eigenvalue weighted by atomic mass is 10.1. The van der Waals surface area contributed by atoms with Crippen molar-refractivity contribution in [3.8, 4) is 11.5 Å². The first-order valence-electron chi connectivity index (χ1n) is 7.95. The molecule has 0 heterocycles. The summed E-state index contributed by atoms with van der Waals surface area (Å²) in [5, 5.41) is 3.58. The summed E-state index contributed by atoms with van der Waals surface area (Å²) in [5.74, 6) is 1.25. The van der Waals surface area contributed by atoms with E-state index in [1.165, 1.54) is 0 Å². The molecule has 2 rings (SSSR count). The molecule has 2 aromatic carbocycles. The third-order valence-corrected chi connectivity index (χ3v) is 3.80. The smallest absolute Gasteiger partial charge is 0.261 e. The van der Waals surface area contributed by atoms with E-state index in [2.05, 4.69) is 5.32 Å². The van der Waals surface area contributed by atoms with Gasteiger partial charge >= 0.3 is 0 Å². The van der Waals surface area contributed by atoms with Gasteiger partial charge in [0.05, 0.1) is 12.6 Å². The molecule has 1 N–H and O–H groups in total. The Balaban J connectivity index is 1.91. The average Bonchev–Trinajstić information content (AvgIpc) is 2.57. The minimum Gasteiger partial charge on any atom is -0.494 e. The van der Waals surface area contributed by atoms with Gasteiger partial charge in [0.2, 0.25) is 0 Å². The lowest BCUT2D eigenvalue weighted by Gasteiger charge is -2.19. The SMILES string of the molecule is CCOc1ccc([C@@H](C)NC(=O)[C@H](C)Oc2ccc(Cl)cc2)cc1. The van der Waals surface area contributed by atoms with Crippen LogP contribution in [0.3, 0.4) is 0 Å². The second-order valence-corrected chi connectivity index (χ2v) is 5.88. The number of carbonyl (C=O) groups is 1. The minimum atomic E-state index is -0.601. The fourth-order valence-corrected chi connectivity index (χ4v) is 2.33. The summed E-state index contributed by atoms with van der Waals surface area (Å²) in [6.07, 6.45) is -0.601. The highest BCUT2D eigenvalue weighted by atomic mass is 35.5. The lowest BCUT2D eigenvalue weighted by Crippen LogP contribution is -2.37. The second kappa shape index (κ2) is 8.60. The van der Waals surface area contributed by atoms with E-state index in [0.29, 0.717) is 17.4 Å². The van der Waals surface area contributed by atoms with Gasteiger partial charge in [0.25, 0.3) is 5.91 Å². The topological polar surface area (TPSA) is 47.6 Å². The van der Waals surface area contributed by atoms with Crippen LogP contribution in [0, 0.1) is 0 Å². The monoisotopic (exact) mass is 347 g/mol. The Morgan fingerprint density at radius 2 is 1.62 bits per heavy atom. The van der Waals surface area contributed by atoms with Crippen molar-refractivity contribution in [1.82, 2.24) is 5.32 Å². The summed E-state index contributed by atoms with van der Waals surface area (Å²) < 4.78 is 11.0. The minimum absolute atomic E-state index is 0.121. The molecule has 0 spiro atoms. The molecular formula is C19H22ClNO3. The van der Waals surface area contributed by atoms with Crippen LogP contribution in [-0.2, 0) is 4.79 Å². The van der Waals surface area contributed by atoms with Crippen LogP contribution in [-0.4, -0.2) is 18.6 Å². The molecule has 0 aliphatic rings. The highest BCUT2D eigenvalue weighted by Crippen LogP contribution is 2.19. The van der Waals surface area contributed by atoms with E-state index in [-0.39, 0.29) is 11.9 Å². The van der Waals surface area contributed by atoms with Crippen LogP contribution in [0.25, 0.3) is 0 Å². The van der Waals surface area contributed by atoms with Crippen molar-refractivity contribution in [2.24, 2.45) is 0 Å². The van der Waals surface area contributed by atoms with Crippen molar-refractivity contribution in [2.75, 3.05) is 6.61 Å². The number of benzene rings is 2. The zero-order valence-corrected chi connectivity index (χ0v) is 14.8. The number of carbonyl (C=O) groups excluding carboxylic acids is 1. The molecule has 0 bridgehead atoms. The molecule has 0 saturated heterocycles. The normalized spacial score (nSPS) is 13.0. The summed E-state index contributed by atoms with van der Waals surface area (Å²) in [5.41, 5.74) is 1.01. The van der Waals surface area contributed by atoms with Crippen LogP contribution < -0.4 is 14.8 Å². The van der Waals surface area contributed by atoms with E-state index in [0.717, 1.165) is 11.3 Å². The molecule has 0 unspecified atom stereocenters. The Morgan fingerprint density at radius 1 is 1.04 bits per heavy atom. The van der Waals surface area contributed by atoms with Gasteiger partial charge in [-0.2, -0.15) is 0 Å². The van der Waals surface area contributed by atoms with Crippen molar-refractivity contribution in [3.05, 3.63) is 59.1 Å². The fourth-order valence-electron chi connectivity index (χ4n) is 2.20. The first-order chi connectivity index (χ1) is 11.5. The third kappa shape index (κ3) is 5.17. The van der Waals surface area contributed by atoms with Gasteiger partial charge in [-0.1, -0.05) is 23.7 Å². The number of halogens is 1. The van der Waals surface area contributed by atoms with Crippen LogP contribution in [0.5, 0.6) is 11.5 Å². The standard InChI is InChI=1S/C19H22ClNO3/c1-4-23-17-9-5-15(6-10-17)13(2)21-19(22)14(3)24-18-11-7-16(20)8-12-18/h5-14H,4H2,1-3H3,(H,21,22)/t13-,14+/m1/s1. The van der Waals surface area contributed by atoms with Gasteiger partial charge in [0, 0.05) is 5.02 Å². The first kappa shape index (κ1) is 18.1. The molecule has 0 aromatic heterocycles. The van der Waals surface area contributed by atoms with Crippen molar-refractivity contribution in [1.29, 1.82) is 0 Å². The molecule has 0 saturated carbocycles. The number of amides is 1. The highest BCUT2D eigenvalue weighted by molar-refractivity contribution is 6.30. The Kier molecular flexibility index (Phi) is 6.50. The Morgan fingerprint density at radius 3 is 2.21 bits per heavy atom. The Bertz CT molecular complexity index is 655. The van der Waals surface area contributed by atoms with Gasteiger partial charge < -0.3 is 14.8 Å². The molecule has 2 aromatic rings. The van der Waals surface area contributed by atoms with Crippen molar-refractivity contribution in [2.45, 2.75) is 32.9 Å². The molecule has 24 heavy (non-hydrogen) atoms. The Hall–Kier alpha value is -2.20. The van der Waals surface area contributed by atoms with Gasteiger partial charge in [-0.25, -0.2) is 0 Å². The third-order valence-electron chi connectivity index (χ3n) is 3.55. The van der Waals surface area contributed by atoms with Crippen LogP contribution in [0.15, 0.2) is 48.5 Å². The second-order valence-electron chi connectivity index (χ2n) is 5.45. The summed E-state index contributed by atoms with van der Waals surface area (Å²) in [6.45, 7) is 6.22. The molecule has 0 aliphatic carbocycles. The van der Waals surface area contributed by atoms with Gasteiger partial charge in [0.15, 0.2) is 6.10 Å². The molecule has 0 radical (unpaired) electrons. The Labute approximate surface area is 147 Å². The summed E-state index contributed by atoms with van der Waals surface area (Å²) in [7, 11) is 0. The van der Waals surface area contributed by atoms with Crippen LogP contribution in [0.2, 0.25) is 5.02 Å². The summed E-state index contributed by atoms with van der Waals surface area (Å²) >= 11 is 5.83. The molecule has 128 valence electrons. The number of hydrogen-bond acceptors (Lipinski definition) is 3. The first-order valence-corrected chi connectivity index (χ1v) is 8.32. The molecular weight excluding hydrogens is 326 g/mol. The molecule has 0 fully saturated rings. The van der Waals surface area contributed by atoms with E-state index >= 15 is 0 Å². The molecule has 5 heteroatoms. The zero-order valence-electron chi connectivity index (χ0n) is 14.1. The molecule has 4 nitrogen and oxygen atoms in total. The van der Waals surface area contributed by atoms with Gasteiger partial charge in [0.1, 0.15) is 11.5 Å². The summed E-state index contributed by atoms with van der Waals surface area (Å²) in [4.78, 5) is 12.3. The van der Waals surface area contributed by atoms with Gasteiger partial charge in [-0.3, -0.25) is 4.79 Å². The van der Waals surface area contributed by atoms with Crippen LogP contribution in [0.1, 0.15) is 32.4 Å². The number of ether oxygens (including phenoxy) is 2. The van der Waals surface area contributed by atoms with Gasteiger partial charge in [-0.15, -0.1) is 0 Å². The highest BCUT2D eigenvalue weighted by Gasteiger charge is 2.17. The lowest BCUT2D eigenvalue weighted by molar-refractivity contribution is -0.127. The number of nitrogens with one attached hydrogen (secondary N) is 1. The van der Waals surface area contributed by atoms with E-state index in [1.54, 1.807) is 31.2 Å². The van der Waals surface area contributed by atoms with Gasteiger partial charge in [-0.05, 0) is 62.7 Å². The fraction of sp³-hybridized carbons (Fsp3) is 0.316. The molecule has 2 atom stereocenters. The molecule has 1 amide bonds.